The van der Waals surface area contributed by atoms with Crippen molar-refractivity contribution in [3.05, 3.63) is 28.6 Å². The summed E-state index contributed by atoms with van der Waals surface area (Å²) in [7, 11) is 0. The molecule has 2 aliphatic rings. The minimum absolute atomic E-state index is 0.143. The Morgan fingerprint density at radius 3 is 2.62 bits per heavy atom. The summed E-state index contributed by atoms with van der Waals surface area (Å²) in [6.07, 6.45) is 0. The van der Waals surface area contributed by atoms with Crippen LogP contribution in [0.15, 0.2) is 23.6 Å². The number of ether oxygens (including phenoxy) is 2. The molecule has 1 saturated heterocycles. The van der Waals surface area contributed by atoms with Crippen LogP contribution < -0.4 is 24.6 Å². The smallest absolute Gasteiger partial charge is 0.275 e. The van der Waals surface area contributed by atoms with Crippen molar-refractivity contribution >= 4 is 17.2 Å². The van der Waals surface area contributed by atoms with E-state index in [4.69, 9.17) is 14.5 Å². The number of nitrogens with zero attached hydrogens (tertiary/aromatic N) is 1. The molecule has 1 amide bonds. The maximum Gasteiger partial charge on any atom is 0.275 e. The van der Waals surface area contributed by atoms with Crippen LogP contribution in [0.25, 0.3) is 11.3 Å². The Kier molecular flexibility index (Phi) is 5.76. The zero-order chi connectivity index (χ0) is 20.4. The van der Waals surface area contributed by atoms with Crippen LogP contribution in [0.3, 0.4) is 0 Å². The van der Waals surface area contributed by atoms with E-state index in [0.717, 1.165) is 60.5 Å². The Balaban J connectivity index is 1.28. The molecule has 8 heteroatoms. The molecule has 1 aromatic heterocycles. The molecule has 0 saturated carbocycles. The molecule has 29 heavy (non-hydrogen) atoms. The van der Waals surface area contributed by atoms with Crippen LogP contribution in [-0.2, 0) is 11.3 Å². The van der Waals surface area contributed by atoms with Gasteiger partial charge in [0.1, 0.15) is 37.7 Å². The normalized spacial score (nSPS) is 21.2. The Hall–Kier alpha value is -2.16. The van der Waals surface area contributed by atoms with Crippen LogP contribution in [0.5, 0.6) is 11.5 Å². The van der Waals surface area contributed by atoms with Gasteiger partial charge in [-0.15, -0.1) is 11.3 Å². The van der Waals surface area contributed by atoms with E-state index in [0.29, 0.717) is 6.54 Å². The Labute approximate surface area is 175 Å². The molecule has 0 bridgehead atoms. The van der Waals surface area contributed by atoms with Crippen molar-refractivity contribution in [2.24, 2.45) is 0 Å². The van der Waals surface area contributed by atoms with Gasteiger partial charge in [-0.2, -0.15) is 0 Å². The predicted octanol–water partition coefficient (Wildman–Crippen LogP) is -0.263. The van der Waals surface area contributed by atoms with E-state index in [2.05, 4.69) is 10.7 Å². The number of aromatic nitrogens is 1. The summed E-state index contributed by atoms with van der Waals surface area (Å²) in [4.78, 5) is 19.9. The topological polar surface area (TPSA) is 69.3 Å². The first-order chi connectivity index (χ1) is 13.9. The van der Waals surface area contributed by atoms with Crippen molar-refractivity contribution in [2.75, 3.05) is 39.5 Å². The van der Waals surface area contributed by atoms with Crippen molar-refractivity contribution in [1.82, 2.24) is 10.3 Å². The van der Waals surface area contributed by atoms with Gasteiger partial charge in [-0.3, -0.25) is 4.79 Å². The number of thiazole rings is 1. The fourth-order valence-corrected chi connectivity index (χ4v) is 4.67. The molecule has 0 spiro atoms. The number of hydrogen-bond acceptors (Lipinski definition) is 5. The van der Waals surface area contributed by atoms with Crippen LogP contribution in [0.1, 0.15) is 25.8 Å². The zero-order valence-corrected chi connectivity index (χ0v) is 18.2. The zero-order valence-electron chi connectivity index (χ0n) is 17.3. The summed E-state index contributed by atoms with van der Waals surface area (Å²) < 4.78 is 10.9. The van der Waals surface area contributed by atoms with E-state index in [-0.39, 0.29) is 18.2 Å². The third-order valence-electron chi connectivity index (χ3n) is 5.21. The van der Waals surface area contributed by atoms with Crippen molar-refractivity contribution in [3.63, 3.8) is 0 Å². The second kappa shape index (κ2) is 8.30. The van der Waals surface area contributed by atoms with Gasteiger partial charge in [-0.1, -0.05) is 0 Å². The lowest BCUT2D eigenvalue weighted by Crippen LogP contribution is -3.28. The van der Waals surface area contributed by atoms with Crippen LogP contribution >= 0.6 is 11.3 Å². The average Bonchev–Trinajstić information content (AvgIpc) is 3.30. The fraction of sp³-hybridized carbons (Fsp3) is 0.524. The van der Waals surface area contributed by atoms with E-state index < -0.39 is 0 Å². The molecule has 0 unspecified atom stereocenters. The Bertz CT molecular complexity index is 869. The Morgan fingerprint density at radius 1 is 1.14 bits per heavy atom. The molecule has 0 atom stereocenters. The third kappa shape index (κ3) is 5.26. The summed E-state index contributed by atoms with van der Waals surface area (Å²) >= 11 is 1.71. The largest absolute Gasteiger partial charge is 0.454 e. The fourth-order valence-electron chi connectivity index (χ4n) is 3.79. The molecule has 3 N–H and O–H groups in total. The van der Waals surface area contributed by atoms with Crippen molar-refractivity contribution in [3.8, 4) is 22.8 Å². The van der Waals surface area contributed by atoms with Gasteiger partial charge >= 0.3 is 0 Å². The molecule has 7 nitrogen and oxygen atoms in total. The standard InChI is InChI=1S/C21H28N4O3S/c1-21(2,3)23-19(26)11-24-6-8-25(9-7-24)12-20-22-16(13-29-20)15-4-5-17-18(10-15)28-14-27-17/h4-5,10,13H,6-9,11-12,14H2,1-3H3,(H,23,26)/p+2. The molecule has 3 heterocycles. The number of benzene rings is 1. The highest BCUT2D eigenvalue weighted by atomic mass is 32.1. The first-order valence-corrected chi connectivity index (χ1v) is 11.1. The molecule has 4 rings (SSSR count). The maximum absolute atomic E-state index is 12.1. The number of carbonyl (C=O) groups is 1. The molecule has 0 aliphatic carbocycles. The summed E-state index contributed by atoms with van der Waals surface area (Å²) in [5.74, 6) is 1.73. The summed E-state index contributed by atoms with van der Waals surface area (Å²) in [6.45, 7) is 12.0. The van der Waals surface area contributed by atoms with E-state index in [1.165, 1.54) is 9.80 Å². The van der Waals surface area contributed by atoms with Gasteiger partial charge in [0.2, 0.25) is 6.79 Å². The molecular formula is C21H30N4O3S+2. The molecular weight excluding hydrogens is 388 g/mol. The van der Waals surface area contributed by atoms with E-state index in [1.807, 2.05) is 39.0 Å². The Morgan fingerprint density at radius 2 is 1.86 bits per heavy atom. The van der Waals surface area contributed by atoms with E-state index in [1.54, 1.807) is 11.3 Å². The average molecular weight is 419 g/mol. The molecule has 2 aromatic rings. The van der Waals surface area contributed by atoms with Gasteiger partial charge in [-0.25, -0.2) is 4.98 Å². The van der Waals surface area contributed by atoms with Crippen LogP contribution in [0, 0.1) is 0 Å². The lowest BCUT2D eigenvalue weighted by Gasteiger charge is -2.29. The first-order valence-electron chi connectivity index (χ1n) is 10.2. The summed E-state index contributed by atoms with van der Waals surface area (Å²) in [5.41, 5.74) is 1.89. The number of hydrogen-bond donors (Lipinski definition) is 3. The van der Waals surface area contributed by atoms with Gasteiger partial charge < -0.3 is 24.6 Å². The highest BCUT2D eigenvalue weighted by molar-refractivity contribution is 7.09. The van der Waals surface area contributed by atoms with Gasteiger partial charge in [0, 0.05) is 16.5 Å². The summed E-state index contributed by atoms with van der Waals surface area (Å²) in [5, 5.41) is 6.33. The third-order valence-corrected chi connectivity index (χ3v) is 6.06. The second-order valence-corrected chi connectivity index (χ2v) is 9.79. The molecule has 156 valence electrons. The number of fused-ring (bicyclic) bond motifs is 1. The predicted molar refractivity (Wildman–Crippen MR) is 112 cm³/mol. The van der Waals surface area contributed by atoms with Crippen LogP contribution in [0.4, 0.5) is 0 Å². The van der Waals surface area contributed by atoms with E-state index >= 15 is 0 Å². The van der Waals surface area contributed by atoms with Crippen LogP contribution in [-0.4, -0.2) is 55.9 Å². The highest BCUT2D eigenvalue weighted by Gasteiger charge is 2.27. The number of quaternary nitrogens is 2. The molecule has 1 fully saturated rings. The number of nitrogens with one attached hydrogen (secondary N) is 3. The molecule has 1 aromatic carbocycles. The number of carbonyl (C=O) groups excluding carboxylic acids is 1. The summed E-state index contributed by atoms with van der Waals surface area (Å²) in [6, 6.07) is 5.97. The van der Waals surface area contributed by atoms with E-state index in [9.17, 15) is 4.79 Å². The highest BCUT2D eigenvalue weighted by Crippen LogP contribution is 2.36. The van der Waals surface area contributed by atoms with Crippen molar-refractivity contribution in [1.29, 1.82) is 0 Å². The van der Waals surface area contributed by atoms with Crippen molar-refractivity contribution in [2.45, 2.75) is 32.9 Å². The van der Waals surface area contributed by atoms with Gasteiger partial charge in [0.15, 0.2) is 18.0 Å². The lowest BCUT2D eigenvalue weighted by molar-refractivity contribution is -1.02. The first kappa shape index (κ1) is 20.1. The molecule has 2 aliphatic heterocycles. The van der Waals surface area contributed by atoms with Gasteiger partial charge in [0.05, 0.1) is 5.69 Å². The minimum atomic E-state index is -0.163. The van der Waals surface area contributed by atoms with Crippen LogP contribution in [0.2, 0.25) is 0 Å². The molecule has 0 radical (unpaired) electrons. The number of rotatable bonds is 5. The van der Waals surface area contributed by atoms with Crippen molar-refractivity contribution < 1.29 is 24.1 Å². The second-order valence-electron chi connectivity index (χ2n) is 8.85. The lowest BCUT2D eigenvalue weighted by atomic mass is 10.1. The van der Waals surface area contributed by atoms with Gasteiger partial charge in [-0.05, 0) is 39.0 Å². The van der Waals surface area contributed by atoms with Gasteiger partial charge in [0.25, 0.3) is 5.91 Å². The quantitative estimate of drug-likeness (QED) is 0.626. The number of piperazine rings is 1. The minimum Gasteiger partial charge on any atom is -0.454 e. The SMILES string of the molecule is CC(C)(C)NC(=O)C[NH+]1CC[NH+](Cc2nc(-c3ccc4c(c3)OCO4)cs2)CC1. The maximum atomic E-state index is 12.1. The number of amides is 1. The monoisotopic (exact) mass is 418 g/mol.